The minimum absolute atomic E-state index is 0.0235. The van der Waals surface area contributed by atoms with E-state index in [1.807, 2.05) is 43.3 Å². The van der Waals surface area contributed by atoms with Crippen LogP contribution in [-0.4, -0.2) is 23.4 Å². The van der Waals surface area contributed by atoms with Gasteiger partial charge in [0.05, 0.1) is 23.9 Å². The lowest BCUT2D eigenvalue weighted by atomic mass is 9.85. The molecule has 2 aromatic rings. The summed E-state index contributed by atoms with van der Waals surface area (Å²) in [5.74, 6) is -0.770. The summed E-state index contributed by atoms with van der Waals surface area (Å²) in [6.07, 6.45) is 1.02. The zero-order valence-corrected chi connectivity index (χ0v) is 18.9. The molecule has 1 heterocycles. The second-order valence-electron chi connectivity index (χ2n) is 8.80. The van der Waals surface area contributed by atoms with Crippen molar-refractivity contribution in [3.05, 3.63) is 71.0 Å². The Morgan fingerprint density at radius 2 is 1.71 bits per heavy atom. The fraction of sp³-hybridized carbons (Fsp3) is 0.385. The molecule has 31 heavy (non-hydrogen) atoms. The summed E-state index contributed by atoms with van der Waals surface area (Å²) in [6, 6.07) is 14.4. The first kappa shape index (κ1) is 22.6. The van der Waals surface area contributed by atoms with Crippen molar-refractivity contribution in [1.29, 1.82) is 0 Å². The number of ether oxygens (including phenoxy) is 1. The van der Waals surface area contributed by atoms with Crippen LogP contribution in [0.2, 0.25) is 0 Å². The van der Waals surface area contributed by atoms with Crippen LogP contribution in [-0.2, 0) is 15.0 Å². The first-order valence-corrected chi connectivity index (χ1v) is 10.8. The third-order valence-corrected chi connectivity index (χ3v) is 5.51. The predicted molar refractivity (Wildman–Crippen MR) is 123 cm³/mol. The molecular formula is C26H31NO4. The molecule has 2 aromatic carbocycles. The van der Waals surface area contributed by atoms with Crippen LogP contribution in [0.5, 0.6) is 5.75 Å². The molecule has 0 radical (unpaired) electrons. The van der Waals surface area contributed by atoms with Crippen molar-refractivity contribution in [1.82, 2.24) is 0 Å². The highest BCUT2D eigenvalue weighted by molar-refractivity contribution is 6.16. The standard InChI is InChI=1S/C26H31NO4/c1-6-16-31-21-11-9-8-10-19(21)27-23(22(20(28)7-2)24(29)25(27)30)17-12-14-18(15-13-17)26(3,4)5/h8-15,23,29H,6-7,16H2,1-5H3. The molecule has 0 bridgehead atoms. The third-order valence-electron chi connectivity index (χ3n) is 5.51. The van der Waals surface area contributed by atoms with E-state index in [1.165, 1.54) is 4.90 Å². The van der Waals surface area contributed by atoms with Crippen LogP contribution in [0.1, 0.15) is 64.6 Å². The minimum Gasteiger partial charge on any atom is -0.503 e. The number of amides is 1. The lowest BCUT2D eigenvalue weighted by Crippen LogP contribution is -2.31. The molecule has 1 N–H and O–H groups in total. The van der Waals surface area contributed by atoms with Gasteiger partial charge in [0.15, 0.2) is 11.5 Å². The van der Waals surface area contributed by atoms with Crippen molar-refractivity contribution in [2.45, 2.75) is 58.9 Å². The second kappa shape index (κ2) is 8.96. The van der Waals surface area contributed by atoms with E-state index in [2.05, 4.69) is 20.8 Å². The van der Waals surface area contributed by atoms with E-state index in [4.69, 9.17) is 4.74 Å². The van der Waals surface area contributed by atoms with Crippen molar-refractivity contribution in [3.8, 4) is 5.75 Å². The second-order valence-corrected chi connectivity index (χ2v) is 8.80. The van der Waals surface area contributed by atoms with Gasteiger partial charge in [-0.25, -0.2) is 0 Å². The average Bonchev–Trinajstić information content (AvgIpc) is 3.02. The van der Waals surface area contributed by atoms with E-state index < -0.39 is 17.7 Å². The largest absolute Gasteiger partial charge is 0.503 e. The zero-order chi connectivity index (χ0) is 22.8. The monoisotopic (exact) mass is 421 g/mol. The number of Topliss-reactive ketones (excluding diaryl/α,β-unsaturated/α-hetero) is 1. The molecule has 5 heteroatoms. The predicted octanol–water partition coefficient (Wildman–Crippen LogP) is 5.65. The number of carbonyl (C=O) groups excluding carboxylic acids is 2. The number of nitrogens with zero attached hydrogens (tertiary/aromatic N) is 1. The average molecular weight is 422 g/mol. The normalized spacial score (nSPS) is 16.7. The maximum Gasteiger partial charge on any atom is 0.294 e. The first-order valence-electron chi connectivity index (χ1n) is 10.8. The number of aliphatic hydroxyl groups is 1. The van der Waals surface area contributed by atoms with Gasteiger partial charge in [-0.15, -0.1) is 0 Å². The molecule has 0 aliphatic carbocycles. The van der Waals surface area contributed by atoms with Crippen molar-refractivity contribution >= 4 is 17.4 Å². The summed E-state index contributed by atoms with van der Waals surface area (Å²) in [4.78, 5) is 27.5. The van der Waals surface area contributed by atoms with Crippen LogP contribution in [0.3, 0.4) is 0 Å². The molecule has 0 aromatic heterocycles. The number of benzene rings is 2. The Labute approximate surface area is 184 Å². The summed E-state index contributed by atoms with van der Waals surface area (Å²) >= 11 is 0. The molecule has 164 valence electrons. The summed E-state index contributed by atoms with van der Waals surface area (Å²) in [5.41, 5.74) is 2.57. The van der Waals surface area contributed by atoms with Crippen LogP contribution >= 0.6 is 0 Å². The highest BCUT2D eigenvalue weighted by Gasteiger charge is 2.44. The molecule has 0 spiro atoms. The minimum atomic E-state index is -0.708. The summed E-state index contributed by atoms with van der Waals surface area (Å²) in [6.45, 7) is 10.6. The molecule has 0 saturated carbocycles. The molecule has 1 unspecified atom stereocenters. The molecule has 5 nitrogen and oxygen atoms in total. The molecule has 0 fully saturated rings. The third kappa shape index (κ3) is 4.36. The van der Waals surface area contributed by atoms with Crippen molar-refractivity contribution < 1.29 is 19.4 Å². The Morgan fingerprint density at radius 1 is 1.06 bits per heavy atom. The molecular weight excluding hydrogens is 390 g/mol. The van der Waals surface area contributed by atoms with E-state index in [-0.39, 0.29) is 23.2 Å². The molecule has 3 rings (SSSR count). The molecule has 1 aliphatic heterocycles. The quantitative estimate of drug-likeness (QED) is 0.627. The van der Waals surface area contributed by atoms with Crippen LogP contribution in [0.4, 0.5) is 5.69 Å². The topological polar surface area (TPSA) is 66.8 Å². The molecule has 1 amide bonds. The maximum atomic E-state index is 13.2. The lowest BCUT2D eigenvalue weighted by molar-refractivity contribution is -0.118. The Kier molecular flexibility index (Phi) is 6.54. The van der Waals surface area contributed by atoms with Gasteiger partial charge in [0.1, 0.15) is 5.75 Å². The van der Waals surface area contributed by atoms with Gasteiger partial charge in [0, 0.05) is 6.42 Å². The number of anilines is 1. The van der Waals surface area contributed by atoms with E-state index in [0.717, 1.165) is 17.5 Å². The number of ketones is 1. The highest BCUT2D eigenvalue weighted by atomic mass is 16.5. The van der Waals surface area contributed by atoms with E-state index in [9.17, 15) is 14.7 Å². The van der Waals surface area contributed by atoms with E-state index in [0.29, 0.717) is 18.0 Å². The van der Waals surface area contributed by atoms with Gasteiger partial charge in [-0.3, -0.25) is 14.5 Å². The number of rotatable bonds is 7. The number of para-hydroxylation sites is 2. The van der Waals surface area contributed by atoms with Crippen LogP contribution in [0.25, 0.3) is 0 Å². The molecule has 0 saturated heterocycles. The summed E-state index contributed by atoms with van der Waals surface area (Å²) < 4.78 is 5.87. The zero-order valence-electron chi connectivity index (χ0n) is 18.9. The first-order chi connectivity index (χ1) is 14.7. The van der Waals surface area contributed by atoms with Gasteiger partial charge < -0.3 is 9.84 Å². The Morgan fingerprint density at radius 3 is 2.29 bits per heavy atom. The summed E-state index contributed by atoms with van der Waals surface area (Å²) in [5, 5.41) is 10.7. The van der Waals surface area contributed by atoms with Gasteiger partial charge in [0.25, 0.3) is 5.91 Å². The molecule has 1 aliphatic rings. The highest BCUT2D eigenvalue weighted by Crippen LogP contribution is 2.44. The van der Waals surface area contributed by atoms with E-state index in [1.54, 1.807) is 19.1 Å². The Balaban J connectivity index is 2.15. The van der Waals surface area contributed by atoms with Crippen LogP contribution in [0, 0.1) is 0 Å². The fourth-order valence-corrected chi connectivity index (χ4v) is 3.80. The number of aliphatic hydroxyl groups excluding tert-OH is 1. The van der Waals surface area contributed by atoms with Gasteiger partial charge in [0.2, 0.25) is 0 Å². The summed E-state index contributed by atoms with van der Waals surface area (Å²) in [7, 11) is 0. The number of hydrogen-bond donors (Lipinski definition) is 1. The number of hydrogen-bond acceptors (Lipinski definition) is 4. The SMILES string of the molecule is CCCOc1ccccc1N1C(=O)C(O)=C(C(=O)CC)C1c1ccc(C(C)(C)C)cc1. The Hall–Kier alpha value is -3.08. The van der Waals surface area contributed by atoms with Crippen molar-refractivity contribution in [3.63, 3.8) is 0 Å². The van der Waals surface area contributed by atoms with Gasteiger partial charge >= 0.3 is 0 Å². The van der Waals surface area contributed by atoms with E-state index >= 15 is 0 Å². The van der Waals surface area contributed by atoms with Gasteiger partial charge in [-0.1, -0.05) is 71.0 Å². The van der Waals surface area contributed by atoms with Gasteiger partial charge in [-0.05, 0) is 35.1 Å². The number of carbonyl (C=O) groups is 2. The van der Waals surface area contributed by atoms with Crippen molar-refractivity contribution in [2.75, 3.05) is 11.5 Å². The van der Waals surface area contributed by atoms with Crippen molar-refractivity contribution in [2.24, 2.45) is 0 Å². The maximum absolute atomic E-state index is 13.2. The molecule has 1 atom stereocenters. The smallest absolute Gasteiger partial charge is 0.294 e. The fourth-order valence-electron chi connectivity index (χ4n) is 3.80. The Bertz CT molecular complexity index is 999. The van der Waals surface area contributed by atoms with Crippen LogP contribution in [0.15, 0.2) is 59.9 Å². The van der Waals surface area contributed by atoms with Crippen LogP contribution < -0.4 is 9.64 Å². The van der Waals surface area contributed by atoms with Gasteiger partial charge in [-0.2, -0.15) is 0 Å². The lowest BCUT2D eigenvalue weighted by Gasteiger charge is -2.29.